The summed E-state index contributed by atoms with van der Waals surface area (Å²) in [6, 6.07) is 15.3. The molecule has 5 rings (SSSR count). The summed E-state index contributed by atoms with van der Waals surface area (Å²) in [6.45, 7) is 5.04. The maximum atomic E-state index is 13.3. The number of halogens is 1. The number of hydrogen-bond acceptors (Lipinski definition) is 4. The smallest absolute Gasteiger partial charge is 0.236 e. The Morgan fingerprint density at radius 1 is 1.00 bits per heavy atom. The first-order valence-corrected chi connectivity index (χ1v) is 12.3. The van der Waals surface area contributed by atoms with Crippen molar-refractivity contribution in [2.24, 2.45) is 0 Å². The molecule has 2 aromatic carbocycles. The number of nitrogens with zero attached hydrogens (tertiary/aromatic N) is 3. The van der Waals surface area contributed by atoms with E-state index in [2.05, 4.69) is 54.9 Å². The Bertz CT molecular complexity index is 952. The molecule has 6 heteroatoms. The van der Waals surface area contributed by atoms with Crippen LogP contribution in [-0.2, 0) is 11.2 Å². The number of anilines is 1. The molecule has 0 radical (unpaired) electrons. The van der Waals surface area contributed by atoms with E-state index in [1.54, 1.807) is 0 Å². The van der Waals surface area contributed by atoms with E-state index in [-0.39, 0.29) is 11.9 Å². The van der Waals surface area contributed by atoms with E-state index in [0.717, 1.165) is 60.9 Å². The van der Waals surface area contributed by atoms with Gasteiger partial charge < -0.3 is 10.6 Å². The minimum absolute atomic E-state index is 0.0123. The van der Waals surface area contributed by atoms with Crippen LogP contribution in [0.15, 0.2) is 46.9 Å². The van der Waals surface area contributed by atoms with Crippen LogP contribution in [0.2, 0.25) is 0 Å². The Hall–Kier alpha value is -1.89. The number of para-hydroxylation sites is 1. The molecule has 1 atom stereocenters. The molecule has 1 aliphatic carbocycles. The fourth-order valence-electron chi connectivity index (χ4n) is 5.30. The second-order valence-corrected chi connectivity index (χ2v) is 10.0. The largest absolute Gasteiger partial charge is 0.398 e. The number of nitrogens with two attached hydrogens (primary N) is 1. The number of fused-ring (bicyclic) bond motifs is 1. The molecule has 164 valence electrons. The van der Waals surface area contributed by atoms with Gasteiger partial charge in [0.25, 0.3) is 0 Å². The van der Waals surface area contributed by atoms with Gasteiger partial charge in [-0.1, -0.05) is 46.6 Å². The lowest BCUT2D eigenvalue weighted by Gasteiger charge is -2.44. The molecule has 0 aromatic heterocycles. The molecule has 1 saturated carbocycles. The molecule has 2 fully saturated rings. The number of nitrogen functional groups attached to an aromatic ring is 1. The molecule has 2 heterocycles. The van der Waals surface area contributed by atoms with Crippen molar-refractivity contribution in [2.75, 3.05) is 45.0 Å². The standard InChI is InChI=1S/C25H31BrN4O/c26-19-8-9-21-18(16-19)10-11-30(25(21)22-6-1-2-7-23(22)27)17-24(31)29-14-12-28(13-15-29)20-4-3-5-20/h1-2,6-9,16,20,25H,3-5,10-15,17,27H2. The van der Waals surface area contributed by atoms with Crippen LogP contribution in [0.1, 0.15) is 42.0 Å². The monoisotopic (exact) mass is 482 g/mol. The highest BCUT2D eigenvalue weighted by Crippen LogP contribution is 2.38. The molecule has 3 aliphatic rings. The molecule has 5 nitrogen and oxygen atoms in total. The molecule has 2 N–H and O–H groups in total. The van der Waals surface area contributed by atoms with Gasteiger partial charge in [-0.2, -0.15) is 0 Å². The van der Waals surface area contributed by atoms with Gasteiger partial charge in [-0.3, -0.25) is 14.6 Å². The van der Waals surface area contributed by atoms with Gasteiger partial charge in [0.15, 0.2) is 0 Å². The minimum Gasteiger partial charge on any atom is -0.398 e. The van der Waals surface area contributed by atoms with E-state index >= 15 is 0 Å². The number of amides is 1. The van der Waals surface area contributed by atoms with Gasteiger partial charge in [0.2, 0.25) is 5.91 Å². The number of piperazine rings is 1. The van der Waals surface area contributed by atoms with Crippen LogP contribution in [0.4, 0.5) is 5.69 Å². The van der Waals surface area contributed by atoms with Crippen LogP contribution in [0.25, 0.3) is 0 Å². The number of hydrogen-bond donors (Lipinski definition) is 1. The first-order valence-electron chi connectivity index (χ1n) is 11.5. The molecular weight excluding hydrogens is 452 g/mol. The van der Waals surface area contributed by atoms with Gasteiger partial charge in [0.05, 0.1) is 12.6 Å². The lowest BCUT2D eigenvalue weighted by atomic mass is 9.87. The SMILES string of the molecule is Nc1ccccc1C1c2ccc(Br)cc2CCN1CC(=O)N1CCN(C2CCC2)CC1. The van der Waals surface area contributed by atoms with Crippen molar-refractivity contribution < 1.29 is 4.79 Å². The summed E-state index contributed by atoms with van der Waals surface area (Å²) < 4.78 is 1.10. The zero-order chi connectivity index (χ0) is 21.4. The summed E-state index contributed by atoms with van der Waals surface area (Å²) in [5.41, 5.74) is 10.9. The van der Waals surface area contributed by atoms with Crippen molar-refractivity contribution in [3.8, 4) is 0 Å². The van der Waals surface area contributed by atoms with E-state index in [9.17, 15) is 4.79 Å². The van der Waals surface area contributed by atoms with Crippen molar-refractivity contribution in [2.45, 2.75) is 37.8 Å². The van der Waals surface area contributed by atoms with E-state index in [0.29, 0.717) is 6.54 Å². The summed E-state index contributed by atoms with van der Waals surface area (Å²) in [5.74, 6) is 0.244. The fourth-order valence-corrected chi connectivity index (χ4v) is 5.71. The normalized spacial score (nSPS) is 22.7. The number of carbonyl (C=O) groups is 1. The van der Waals surface area contributed by atoms with Crippen LogP contribution in [0, 0.1) is 0 Å². The Kier molecular flexibility index (Phi) is 6.04. The number of benzene rings is 2. The summed E-state index contributed by atoms with van der Waals surface area (Å²) in [4.78, 5) is 20.2. The fraction of sp³-hybridized carbons (Fsp3) is 0.480. The third kappa shape index (κ3) is 4.26. The predicted molar refractivity (Wildman–Crippen MR) is 128 cm³/mol. The van der Waals surface area contributed by atoms with E-state index < -0.39 is 0 Å². The van der Waals surface area contributed by atoms with Crippen LogP contribution < -0.4 is 5.73 Å². The minimum atomic E-state index is 0.0123. The van der Waals surface area contributed by atoms with E-state index in [4.69, 9.17) is 5.73 Å². The average molecular weight is 483 g/mol. The second kappa shape index (κ2) is 8.93. The van der Waals surface area contributed by atoms with E-state index in [1.807, 2.05) is 18.2 Å². The van der Waals surface area contributed by atoms with Crippen LogP contribution in [0.3, 0.4) is 0 Å². The van der Waals surface area contributed by atoms with Gasteiger partial charge in [-0.05, 0) is 54.2 Å². The summed E-state index contributed by atoms with van der Waals surface area (Å²) in [5, 5.41) is 0. The molecule has 2 aromatic rings. The Morgan fingerprint density at radius 2 is 1.77 bits per heavy atom. The van der Waals surface area contributed by atoms with Gasteiger partial charge in [-0.25, -0.2) is 0 Å². The molecule has 1 unspecified atom stereocenters. The lowest BCUT2D eigenvalue weighted by Crippen LogP contribution is -2.55. The summed E-state index contributed by atoms with van der Waals surface area (Å²) in [6.07, 6.45) is 4.97. The Morgan fingerprint density at radius 3 is 2.48 bits per heavy atom. The highest BCUT2D eigenvalue weighted by Gasteiger charge is 2.34. The molecule has 1 amide bonds. The lowest BCUT2D eigenvalue weighted by molar-refractivity contribution is -0.135. The predicted octanol–water partition coefficient (Wildman–Crippen LogP) is 3.68. The first-order chi connectivity index (χ1) is 15.1. The molecule has 0 spiro atoms. The highest BCUT2D eigenvalue weighted by molar-refractivity contribution is 9.10. The van der Waals surface area contributed by atoms with Crippen molar-refractivity contribution in [3.63, 3.8) is 0 Å². The first kappa shape index (κ1) is 21.0. The highest BCUT2D eigenvalue weighted by atomic mass is 79.9. The molecule has 2 aliphatic heterocycles. The Balaban J connectivity index is 1.34. The number of rotatable bonds is 4. The van der Waals surface area contributed by atoms with Gasteiger partial charge >= 0.3 is 0 Å². The van der Waals surface area contributed by atoms with Crippen molar-refractivity contribution in [1.82, 2.24) is 14.7 Å². The van der Waals surface area contributed by atoms with Gasteiger partial charge in [0.1, 0.15) is 0 Å². The maximum Gasteiger partial charge on any atom is 0.236 e. The third-order valence-corrected chi connectivity index (χ3v) is 7.81. The molecular formula is C25H31BrN4O. The zero-order valence-corrected chi connectivity index (χ0v) is 19.6. The maximum absolute atomic E-state index is 13.3. The molecule has 31 heavy (non-hydrogen) atoms. The van der Waals surface area contributed by atoms with E-state index in [1.165, 1.54) is 30.4 Å². The van der Waals surface area contributed by atoms with Crippen molar-refractivity contribution in [3.05, 3.63) is 63.6 Å². The second-order valence-electron chi connectivity index (χ2n) is 9.10. The van der Waals surface area contributed by atoms with Gasteiger partial charge in [-0.15, -0.1) is 0 Å². The van der Waals surface area contributed by atoms with Gasteiger partial charge in [0, 0.05) is 48.9 Å². The van der Waals surface area contributed by atoms with Crippen LogP contribution in [0.5, 0.6) is 0 Å². The summed E-state index contributed by atoms with van der Waals surface area (Å²) >= 11 is 3.61. The third-order valence-electron chi connectivity index (χ3n) is 7.32. The summed E-state index contributed by atoms with van der Waals surface area (Å²) in [7, 11) is 0. The average Bonchev–Trinajstić information content (AvgIpc) is 2.73. The zero-order valence-electron chi connectivity index (χ0n) is 18.0. The molecule has 0 bridgehead atoms. The Labute approximate surface area is 193 Å². The van der Waals surface area contributed by atoms with Crippen molar-refractivity contribution >= 4 is 27.5 Å². The van der Waals surface area contributed by atoms with Crippen molar-refractivity contribution in [1.29, 1.82) is 0 Å². The molecule has 1 saturated heterocycles. The quantitative estimate of drug-likeness (QED) is 0.675. The topological polar surface area (TPSA) is 52.8 Å². The number of carbonyl (C=O) groups excluding carboxylic acids is 1. The van der Waals surface area contributed by atoms with Crippen LogP contribution in [-0.4, -0.2) is 65.9 Å². The van der Waals surface area contributed by atoms with Crippen LogP contribution >= 0.6 is 15.9 Å².